The molecule has 0 fully saturated rings. The van der Waals surface area contributed by atoms with Crippen molar-refractivity contribution >= 4 is 40.5 Å². The molecule has 0 bridgehead atoms. The highest BCUT2D eigenvalue weighted by Gasteiger charge is 2.33. The number of aliphatic imine (C=N–C) groups is 1. The van der Waals surface area contributed by atoms with Crippen LogP contribution in [0.4, 0.5) is 5.69 Å². The van der Waals surface area contributed by atoms with Gasteiger partial charge in [0.2, 0.25) is 0 Å². The van der Waals surface area contributed by atoms with Crippen LogP contribution < -0.4 is 4.74 Å². The number of aliphatic hydroxyl groups is 1. The second-order valence-electron chi connectivity index (χ2n) is 6.21. The Balaban J connectivity index is 1.98. The molecule has 0 radical (unpaired) electrons. The molecule has 8 heteroatoms. The Kier molecular flexibility index (Phi) is 7.50. The molecule has 0 amide bonds. The molecule has 0 atom stereocenters. The largest absolute Gasteiger partial charge is 0.506 e. The van der Waals surface area contributed by atoms with Gasteiger partial charge >= 0.3 is 11.9 Å². The van der Waals surface area contributed by atoms with Gasteiger partial charge in [-0.05, 0) is 31.2 Å². The van der Waals surface area contributed by atoms with Crippen LogP contribution >= 0.6 is 11.8 Å². The minimum Gasteiger partial charge on any atom is -0.506 e. The summed E-state index contributed by atoms with van der Waals surface area (Å²) < 4.78 is 15.2. The molecule has 1 aliphatic heterocycles. The zero-order chi connectivity index (χ0) is 22.2. The first-order valence-electron chi connectivity index (χ1n) is 9.46. The molecule has 1 heterocycles. The first-order valence-corrected chi connectivity index (χ1v) is 10.3. The lowest BCUT2D eigenvalue weighted by atomic mass is 10.1. The maximum absolute atomic E-state index is 12.5. The van der Waals surface area contributed by atoms with Gasteiger partial charge in [-0.2, -0.15) is 0 Å². The average molecular weight is 439 g/mol. The van der Waals surface area contributed by atoms with E-state index in [0.29, 0.717) is 26.9 Å². The van der Waals surface area contributed by atoms with Crippen LogP contribution in [-0.4, -0.2) is 42.4 Å². The number of esters is 2. The Morgan fingerprint density at radius 3 is 2.52 bits per heavy atom. The molecule has 2 aromatic rings. The summed E-state index contributed by atoms with van der Waals surface area (Å²) >= 11 is 1.15. The maximum Gasteiger partial charge on any atom is 0.344 e. The molecule has 2 aromatic carbocycles. The molecule has 0 saturated heterocycles. The number of para-hydroxylation sites is 2. The van der Waals surface area contributed by atoms with E-state index >= 15 is 0 Å². The zero-order valence-corrected chi connectivity index (χ0v) is 17.8. The van der Waals surface area contributed by atoms with Gasteiger partial charge in [-0.1, -0.05) is 48.2 Å². The number of aliphatic hydroxyl groups excluding tert-OH is 1. The average Bonchev–Trinajstić information content (AvgIpc) is 3.08. The van der Waals surface area contributed by atoms with E-state index in [2.05, 4.69) is 9.73 Å². The van der Waals surface area contributed by atoms with E-state index in [9.17, 15) is 14.7 Å². The first-order chi connectivity index (χ1) is 15.0. The maximum atomic E-state index is 12.5. The zero-order valence-electron chi connectivity index (χ0n) is 17.0. The SMILES string of the molecule is CCOC(=O)C1=C(O)C(=Cc2ccccc2OCC(=O)OC)SC1=Nc1ccccc1. The van der Waals surface area contributed by atoms with Gasteiger partial charge in [0.05, 0.1) is 24.3 Å². The van der Waals surface area contributed by atoms with Gasteiger partial charge in [0, 0.05) is 5.56 Å². The van der Waals surface area contributed by atoms with Crippen LogP contribution in [0.2, 0.25) is 0 Å². The number of carbonyl (C=O) groups is 2. The van der Waals surface area contributed by atoms with Gasteiger partial charge in [0.1, 0.15) is 22.1 Å². The van der Waals surface area contributed by atoms with Crippen molar-refractivity contribution in [3.8, 4) is 5.75 Å². The molecule has 31 heavy (non-hydrogen) atoms. The molecule has 0 aromatic heterocycles. The van der Waals surface area contributed by atoms with E-state index < -0.39 is 11.9 Å². The van der Waals surface area contributed by atoms with Crippen molar-refractivity contribution in [2.45, 2.75) is 6.92 Å². The summed E-state index contributed by atoms with van der Waals surface area (Å²) in [5.41, 5.74) is 1.27. The van der Waals surface area contributed by atoms with E-state index in [1.165, 1.54) is 7.11 Å². The number of carbonyl (C=O) groups excluding carboxylic acids is 2. The molecule has 160 valence electrons. The number of methoxy groups -OCH3 is 1. The second-order valence-corrected chi connectivity index (χ2v) is 7.24. The van der Waals surface area contributed by atoms with Crippen LogP contribution in [0.15, 0.2) is 75.8 Å². The molecule has 0 saturated carbocycles. The molecular weight excluding hydrogens is 418 g/mol. The fourth-order valence-electron chi connectivity index (χ4n) is 2.68. The van der Waals surface area contributed by atoms with Crippen molar-refractivity contribution in [1.29, 1.82) is 0 Å². The molecule has 0 aliphatic carbocycles. The van der Waals surface area contributed by atoms with Gasteiger partial charge in [-0.3, -0.25) is 0 Å². The van der Waals surface area contributed by atoms with E-state index in [1.807, 2.05) is 18.2 Å². The molecule has 3 rings (SSSR count). The Morgan fingerprint density at radius 1 is 1.10 bits per heavy atom. The third-order valence-electron chi connectivity index (χ3n) is 4.14. The van der Waals surface area contributed by atoms with Crippen LogP contribution in [0.25, 0.3) is 6.08 Å². The summed E-state index contributed by atoms with van der Waals surface area (Å²) in [6, 6.07) is 16.1. The van der Waals surface area contributed by atoms with Crippen molar-refractivity contribution in [3.05, 3.63) is 76.4 Å². The molecule has 1 aliphatic rings. The predicted octanol–water partition coefficient (Wildman–Crippen LogP) is 4.43. The summed E-state index contributed by atoms with van der Waals surface area (Å²) in [6.07, 6.45) is 1.67. The Bertz CT molecular complexity index is 1060. The van der Waals surface area contributed by atoms with E-state index in [1.54, 1.807) is 49.4 Å². The van der Waals surface area contributed by atoms with Gasteiger partial charge < -0.3 is 19.3 Å². The molecule has 1 N–H and O–H groups in total. The Hall–Kier alpha value is -3.52. The highest BCUT2D eigenvalue weighted by molar-refractivity contribution is 8.18. The van der Waals surface area contributed by atoms with Crippen LogP contribution in [0, 0.1) is 0 Å². The van der Waals surface area contributed by atoms with Gasteiger partial charge in [-0.15, -0.1) is 0 Å². The fourth-order valence-corrected chi connectivity index (χ4v) is 3.71. The van der Waals surface area contributed by atoms with E-state index in [4.69, 9.17) is 9.47 Å². The number of ether oxygens (including phenoxy) is 3. The highest BCUT2D eigenvalue weighted by atomic mass is 32.2. The first kappa shape index (κ1) is 22.2. The number of thioether (sulfide) groups is 1. The topological polar surface area (TPSA) is 94.4 Å². The highest BCUT2D eigenvalue weighted by Crippen LogP contribution is 2.41. The minimum atomic E-state index is -0.652. The normalized spacial score (nSPS) is 15.9. The number of hydrogen-bond acceptors (Lipinski definition) is 8. The quantitative estimate of drug-likeness (QED) is 0.638. The lowest BCUT2D eigenvalue weighted by Gasteiger charge is -2.08. The number of nitrogens with zero attached hydrogens (tertiary/aromatic N) is 1. The lowest BCUT2D eigenvalue weighted by molar-refractivity contribution is -0.143. The number of benzene rings is 2. The monoisotopic (exact) mass is 439 g/mol. The van der Waals surface area contributed by atoms with Crippen molar-refractivity contribution in [1.82, 2.24) is 0 Å². The summed E-state index contributed by atoms with van der Waals surface area (Å²) in [5, 5.41) is 11.1. The number of rotatable bonds is 7. The Morgan fingerprint density at radius 2 is 1.81 bits per heavy atom. The van der Waals surface area contributed by atoms with Crippen molar-refractivity contribution in [3.63, 3.8) is 0 Å². The van der Waals surface area contributed by atoms with Crippen molar-refractivity contribution in [2.75, 3.05) is 20.3 Å². The van der Waals surface area contributed by atoms with E-state index in [-0.39, 0.29) is 24.5 Å². The third-order valence-corrected chi connectivity index (χ3v) is 5.16. The van der Waals surface area contributed by atoms with Crippen molar-refractivity contribution < 1.29 is 28.9 Å². The lowest BCUT2D eigenvalue weighted by Crippen LogP contribution is -2.13. The molecule has 0 spiro atoms. The standard InChI is InChI=1S/C23H21NO6S/c1-3-29-23(27)20-21(26)18(31-22(20)24-16-10-5-4-6-11-16)13-15-9-7-8-12-17(15)30-14-19(25)28-2/h4-13,26H,3,14H2,1-2H3. The fraction of sp³-hybridized carbons (Fsp3) is 0.174. The van der Waals surface area contributed by atoms with Crippen molar-refractivity contribution in [2.24, 2.45) is 4.99 Å². The summed E-state index contributed by atoms with van der Waals surface area (Å²) in [6.45, 7) is 1.61. The smallest absolute Gasteiger partial charge is 0.344 e. The van der Waals surface area contributed by atoms with Gasteiger partial charge in [0.15, 0.2) is 6.61 Å². The predicted molar refractivity (Wildman–Crippen MR) is 119 cm³/mol. The summed E-state index contributed by atoms with van der Waals surface area (Å²) in [5.74, 6) is -0.955. The van der Waals surface area contributed by atoms with Gasteiger partial charge in [-0.25, -0.2) is 14.6 Å². The van der Waals surface area contributed by atoms with Crippen LogP contribution in [0.3, 0.4) is 0 Å². The molecular formula is C23H21NO6S. The van der Waals surface area contributed by atoms with E-state index in [0.717, 1.165) is 11.8 Å². The van der Waals surface area contributed by atoms with Crippen LogP contribution in [0.5, 0.6) is 5.75 Å². The second kappa shape index (κ2) is 10.5. The van der Waals surface area contributed by atoms with Crippen LogP contribution in [-0.2, 0) is 19.1 Å². The molecule has 7 nitrogen and oxygen atoms in total. The summed E-state index contributed by atoms with van der Waals surface area (Å²) in [7, 11) is 1.28. The number of hydrogen-bond donors (Lipinski definition) is 1. The van der Waals surface area contributed by atoms with Crippen LogP contribution in [0.1, 0.15) is 12.5 Å². The minimum absolute atomic E-state index is 0.00918. The Labute approximate surface area is 184 Å². The molecule has 0 unspecified atom stereocenters. The third kappa shape index (κ3) is 5.55. The summed E-state index contributed by atoms with van der Waals surface area (Å²) in [4.78, 5) is 28.8. The van der Waals surface area contributed by atoms with Gasteiger partial charge in [0.25, 0.3) is 0 Å².